The van der Waals surface area contributed by atoms with E-state index in [9.17, 15) is 0 Å². The Hall–Kier alpha value is -4.08. The van der Waals surface area contributed by atoms with E-state index in [2.05, 4.69) is 122 Å². The van der Waals surface area contributed by atoms with E-state index in [4.69, 9.17) is 4.42 Å². The molecular weight excluding hydrogens is 494 g/mol. The maximum atomic E-state index is 6.52. The van der Waals surface area contributed by atoms with Crippen LogP contribution in [0.25, 0.3) is 59.1 Å². The van der Waals surface area contributed by atoms with Gasteiger partial charge in [0.25, 0.3) is 0 Å². The fourth-order valence-electron chi connectivity index (χ4n) is 6.38. The monoisotopic (exact) mass is 523 g/mol. The molecule has 2 nitrogen and oxygen atoms in total. The molecule has 0 fully saturated rings. The highest BCUT2D eigenvalue weighted by molar-refractivity contribution is 7.25. The Morgan fingerprint density at radius 3 is 2.64 bits per heavy atom. The Kier molecular flexibility index (Phi) is 5.11. The summed E-state index contributed by atoms with van der Waals surface area (Å²) in [5.74, 6) is 1.92. The van der Waals surface area contributed by atoms with E-state index in [0.717, 1.165) is 23.5 Å². The molecule has 2 heterocycles. The van der Waals surface area contributed by atoms with E-state index in [0.29, 0.717) is 11.8 Å². The molecule has 8 rings (SSSR count). The molecule has 4 aromatic carbocycles. The summed E-state index contributed by atoms with van der Waals surface area (Å²) >= 11 is 1.88. The first-order valence-corrected chi connectivity index (χ1v) is 14.7. The van der Waals surface area contributed by atoms with Crippen LogP contribution in [0.1, 0.15) is 25.2 Å². The second-order valence-corrected chi connectivity index (χ2v) is 12.2. The van der Waals surface area contributed by atoms with Crippen LogP contribution in [-0.2, 0) is 6.42 Å². The topological polar surface area (TPSA) is 25.2 Å². The summed E-state index contributed by atoms with van der Waals surface area (Å²) in [6, 6.07) is 25.0. The first-order chi connectivity index (χ1) is 19.1. The average molecular weight is 524 g/mol. The van der Waals surface area contributed by atoms with Crippen LogP contribution < -0.4 is 5.32 Å². The second kappa shape index (κ2) is 8.72. The molecule has 0 saturated carbocycles. The van der Waals surface area contributed by atoms with E-state index in [1.807, 2.05) is 11.3 Å². The highest BCUT2D eigenvalue weighted by Crippen LogP contribution is 2.43. The van der Waals surface area contributed by atoms with Crippen molar-refractivity contribution in [1.82, 2.24) is 0 Å². The van der Waals surface area contributed by atoms with Crippen LogP contribution in [0.4, 0.5) is 5.69 Å². The average Bonchev–Trinajstić information content (AvgIpc) is 3.50. The van der Waals surface area contributed by atoms with Crippen molar-refractivity contribution in [1.29, 1.82) is 0 Å². The molecule has 2 aliphatic carbocycles. The predicted octanol–water partition coefficient (Wildman–Crippen LogP) is 10.4. The Labute approximate surface area is 231 Å². The Balaban J connectivity index is 1.35. The van der Waals surface area contributed by atoms with Crippen LogP contribution in [0.3, 0.4) is 0 Å². The molecule has 190 valence electrons. The molecule has 3 atom stereocenters. The number of rotatable bonds is 3. The van der Waals surface area contributed by atoms with Gasteiger partial charge in [-0.3, -0.25) is 0 Å². The Bertz CT molecular complexity index is 2020. The van der Waals surface area contributed by atoms with Crippen LogP contribution in [0, 0.1) is 11.8 Å². The fraction of sp³-hybridized carbons (Fsp3) is 0.167. The lowest BCUT2D eigenvalue weighted by molar-refractivity contribution is 0.584. The molecule has 0 radical (unpaired) electrons. The number of allylic oxidation sites excluding steroid dienone is 3. The van der Waals surface area contributed by atoms with Gasteiger partial charge >= 0.3 is 0 Å². The van der Waals surface area contributed by atoms with Crippen LogP contribution in [0.2, 0.25) is 0 Å². The number of benzene rings is 4. The summed E-state index contributed by atoms with van der Waals surface area (Å²) in [5, 5.41) is 10.4. The molecular formula is C36H29NOS. The molecule has 0 amide bonds. The highest BCUT2D eigenvalue weighted by atomic mass is 32.1. The summed E-state index contributed by atoms with van der Waals surface area (Å²) in [5.41, 5.74) is 5.86. The van der Waals surface area contributed by atoms with E-state index in [1.165, 1.54) is 53.0 Å². The summed E-state index contributed by atoms with van der Waals surface area (Å²) in [6.07, 6.45) is 14.3. The quantitative estimate of drug-likeness (QED) is 0.250. The number of nitrogens with one attached hydrogen (secondary N) is 1. The molecule has 2 aromatic heterocycles. The molecule has 0 aliphatic heterocycles. The summed E-state index contributed by atoms with van der Waals surface area (Å²) in [4.78, 5) is 0. The third-order valence-electron chi connectivity index (χ3n) is 8.45. The van der Waals surface area contributed by atoms with Gasteiger partial charge in [0.05, 0.1) is 6.04 Å². The minimum Gasteiger partial charge on any atom is -0.456 e. The second-order valence-electron chi connectivity index (χ2n) is 11.2. The highest BCUT2D eigenvalue weighted by Gasteiger charge is 2.24. The van der Waals surface area contributed by atoms with Crippen molar-refractivity contribution >= 4 is 65.0 Å². The van der Waals surface area contributed by atoms with E-state index in [1.54, 1.807) is 0 Å². The molecule has 6 aromatic rings. The maximum Gasteiger partial charge on any atom is 0.137 e. The van der Waals surface area contributed by atoms with Gasteiger partial charge in [-0.15, -0.1) is 11.3 Å². The number of hydrogen-bond donors (Lipinski definition) is 1. The first-order valence-electron chi connectivity index (χ1n) is 13.9. The van der Waals surface area contributed by atoms with E-state index < -0.39 is 0 Å². The molecule has 0 saturated heterocycles. The molecule has 39 heavy (non-hydrogen) atoms. The van der Waals surface area contributed by atoms with Gasteiger partial charge in [0.15, 0.2) is 0 Å². The van der Waals surface area contributed by atoms with Gasteiger partial charge in [0.1, 0.15) is 11.3 Å². The van der Waals surface area contributed by atoms with E-state index in [-0.39, 0.29) is 6.04 Å². The van der Waals surface area contributed by atoms with Crippen molar-refractivity contribution in [2.75, 3.05) is 5.32 Å². The normalized spacial score (nSPS) is 20.4. The van der Waals surface area contributed by atoms with Gasteiger partial charge in [0, 0.05) is 36.8 Å². The Morgan fingerprint density at radius 2 is 1.72 bits per heavy atom. The van der Waals surface area contributed by atoms with Crippen LogP contribution in [0.15, 0.2) is 102 Å². The number of anilines is 1. The number of hydrogen-bond acceptors (Lipinski definition) is 3. The van der Waals surface area contributed by atoms with Crippen molar-refractivity contribution < 1.29 is 4.42 Å². The molecule has 0 spiro atoms. The minimum atomic E-state index is 0.237. The van der Waals surface area contributed by atoms with Gasteiger partial charge in [-0.05, 0) is 76.6 Å². The fourth-order valence-corrected chi connectivity index (χ4v) is 7.51. The van der Waals surface area contributed by atoms with Crippen molar-refractivity contribution in [3.05, 3.63) is 108 Å². The lowest BCUT2D eigenvalue weighted by Crippen LogP contribution is -2.25. The van der Waals surface area contributed by atoms with Crippen LogP contribution in [-0.4, -0.2) is 6.04 Å². The number of fused-ring (bicyclic) bond motifs is 7. The van der Waals surface area contributed by atoms with E-state index >= 15 is 0 Å². The van der Waals surface area contributed by atoms with Gasteiger partial charge < -0.3 is 9.73 Å². The number of thiophene rings is 1. The Morgan fingerprint density at radius 1 is 0.821 bits per heavy atom. The zero-order chi connectivity index (χ0) is 26.1. The third-order valence-corrected chi connectivity index (χ3v) is 9.58. The SMILES string of the molecule is CC1C=Cc2oc3cc(-c4cccc5cc6c(cc45)sc4ccccc46)cc(NC4C=CC=CC4C)c3c2C1. The molecule has 0 bridgehead atoms. The van der Waals surface area contributed by atoms with Gasteiger partial charge in [-0.1, -0.05) is 80.6 Å². The zero-order valence-corrected chi connectivity index (χ0v) is 22.9. The van der Waals surface area contributed by atoms with Crippen molar-refractivity contribution in [3.8, 4) is 11.1 Å². The lowest BCUT2D eigenvalue weighted by Gasteiger charge is -2.24. The first kappa shape index (κ1) is 22.9. The van der Waals surface area contributed by atoms with Crippen molar-refractivity contribution in [2.24, 2.45) is 11.8 Å². The van der Waals surface area contributed by atoms with Crippen molar-refractivity contribution in [3.63, 3.8) is 0 Å². The van der Waals surface area contributed by atoms with Crippen molar-refractivity contribution in [2.45, 2.75) is 26.3 Å². The number of furan rings is 1. The summed E-state index contributed by atoms with van der Waals surface area (Å²) in [7, 11) is 0. The third kappa shape index (κ3) is 3.68. The maximum absolute atomic E-state index is 6.52. The predicted molar refractivity (Wildman–Crippen MR) is 169 cm³/mol. The zero-order valence-electron chi connectivity index (χ0n) is 22.1. The van der Waals surface area contributed by atoms with Gasteiger partial charge in [0.2, 0.25) is 0 Å². The summed E-state index contributed by atoms with van der Waals surface area (Å²) in [6.45, 7) is 4.55. The lowest BCUT2D eigenvalue weighted by atomic mass is 9.90. The molecule has 3 unspecified atom stereocenters. The minimum absolute atomic E-state index is 0.237. The molecule has 1 N–H and O–H groups in total. The largest absolute Gasteiger partial charge is 0.456 e. The molecule has 2 aliphatic rings. The standard InChI is InChI=1S/C36H29NOS/c1-21-14-15-32-29(16-21)36-31(37-30-12-5-3-8-22(30)2)18-24(19-33(36)38-32)25-11-7-9-23-17-28-26-10-4-6-13-34(26)39-35(28)20-27(23)25/h3-15,17-22,30,37H,16H2,1-2H3. The summed E-state index contributed by atoms with van der Waals surface area (Å²) < 4.78 is 9.19. The smallest absolute Gasteiger partial charge is 0.137 e. The van der Waals surface area contributed by atoms with Gasteiger partial charge in [-0.25, -0.2) is 0 Å². The van der Waals surface area contributed by atoms with Crippen LogP contribution in [0.5, 0.6) is 0 Å². The molecule has 3 heteroatoms. The van der Waals surface area contributed by atoms with Crippen LogP contribution >= 0.6 is 11.3 Å². The van der Waals surface area contributed by atoms with Gasteiger partial charge in [-0.2, -0.15) is 0 Å².